The van der Waals surface area contributed by atoms with E-state index in [4.69, 9.17) is 4.74 Å². The van der Waals surface area contributed by atoms with Crippen molar-refractivity contribution in [2.24, 2.45) is 4.99 Å². The molecule has 0 aromatic rings. The van der Waals surface area contributed by atoms with Crippen LogP contribution in [0.25, 0.3) is 0 Å². The maximum Gasteiger partial charge on any atom is 0.336 e. The largest absolute Gasteiger partial charge is 0.457 e. The first kappa shape index (κ1) is 12.6. The Morgan fingerprint density at radius 2 is 2.06 bits per heavy atom. The molecule has 18 heavy (non-hydrogen) atoms. The normalized spacial score (nSPS) is 18.3. The molecule has 0 spiro atoms. The van der Waals surface area contributed by atoms with Crippen LogP contribution in [0.3, 0.4) is 0 Å². The van der Waals surface area contributed by atoms with Crippen molar-refractivity contribution in [3.8, 4) is 0 Å². The first-order valence-electron chi connectivity index (χ1n) is 6.00. The van der Waals surface area contributed by atoms with Crippen molar-refractivity contribution < 1.29 is 9.53 Å². The Morgan fingerprint density at radius 3 is 2.78 bits per heavy atom. The molecule has 2 aliphatic rings. The van der Waals surface area contributed by atoms with Crippen molar-refractivity contribution >= 4 is 11.7 Å². The topological polar surface area (TPSA) is 38.7 Å². The molecule has 0 radical (unpaired) electrons. The molecule has 3 nitrogen and oxygen atoms in total. The van der Waals surface area contributed by atoms with Gasteiger partial charge in [-0.05, 0) is 32.4 Å². The van der Waals surface area contributed by atoms with Gasteiger partial charge in [0.05, 0.1) is 11.3 Å². The lowest BCUT2D eigenvalue weighted by Crippen LogP contribution is -2.25. The minimum Gasteiger partial charge on any atom is -0.457 e. The summed E-state index contributed by atoms with van der Waals surface area (Å²) in [4.78, 5) is 16.3. The Hall–Kier alpha value is -1.90. The molecule has 0 amide bonds. The first-order valence-corrected chi connectivity index (χ1v) is 6.00. The van der Waals surface area contributed by atoms with E-state index in [0.717, 1.165) is 11.3 Å². The molecule has 3 heteroatoms. The number of nitrogens with zero attached hydrogens (tertiary/aromatic N) is 1. The van der Waals surface area contributed by atoms with Gasteiger partial charge in [-0.25, -0.2) is 4.79 Å². The SMILES string of the molecule is CC(C)(C)OC(=O)C1=CN=C2C=CC=CC=C2C1. The third kappa shape index (κ3) is 3.06. The highest BCUT2D eigenvalue weighted by Crippen LogP contribution is 2.23. The van der Waals surface area contributed by atoms with Gasteiger partial charge in [0.2, 0.25) is 0 Å². The van der Waals surface area contributed by atoms with E-state index < -0.39 is 5.60 Å². The number of rotatable bonds is 1. The standard InChI is InChI=1S/C15H17NO2/c1-15(2,3)18-14(17)12-9-11-7-5-4-6-8-13(11)16-10-12/h4-8,10H,9H2,1-3H3. The fourth-order valence-electron chi connectivity index (χ4n) is 1.72. The summed E-state index contributed by atoms with van der Waals surface area (Å²) in [5.74, 6) is -0.289. The Labute approximate surface area is 107 Å². The smallest absolute Gasteiger partial charge is 0.336 e. The summed E-state index contributed by atoms with van der Waals surface area (Å²) in [5, 5.41) is 0. The number of hydrogen-bond acceptors (Lipinski definition) is 3. The van der Waals surface area contributed by atoms with E-state index in [2.05, 4.69) is 4.99 Å². The molecule has 0 aromatic carbocycles. The molecule has 0 unspecified atom stereocenters. The van der Waals surface area contributed by atoms with E-state index >= 15 is 0 Å². The lowest BCUT2D eigenvalue weighted by Gasteiger charge is -2.21. The van der Waals surface area contributed by atoms with Gasteiger partial charge in [0.15, 0.2) is 0 Å². The minimum absolute atomic E-state index is 0.289. The molecule has 0 bridgehead atoms. The molecule has 2 rings (SSSR count). The van der Waals surface area contributed by atoms with Gasteiger partial charge in [0.1, 0.15) is 5.60 Å². The summed E-state index contributed by atoms with van der Waals surface area (Å²) in [6.07, 6.45) is 11.9. The lowest BCUT2D eigenvalue weighted by atomic mass is 9.99. The van der Waals surface area contributed by atoms with Crippen LogP contribution < -0.4 is 0 Å². The molecule has 1 heterocycles. The van der Waals surface area contributed by atoms with Crippen LogP contribution in [0.4, 0.5) is 0 Å². The van der Waals surface area contributed by atoms with Crippen molar-refractivity contribution in [1.29, 1.82) is 0 Å². The van der Waals surface area contributed by atoms with Crippen LogP contribution in [-0.2, 0) is 9.53 Å². The van der Waals surface area contributed by atoms with Gasteiger partial charge in [0.25, 0.3) is 0 Å². The number of esters is 1. The second-order valence-electron chi connectivity index (χ2n) is 5.28. The third-order valence-corrected chi connectivity index (χ3v) is 2.50. The molecule has 1 aliphatic heterocycles. The zero-order chi connectivity index (χ0) is 13.2. The molecule has 1 aliphatic carbocycles. The maximum atomic E-state index is 12.0. The molecule has 0 saturated heterocycles. The van der Waals surface area contributed by atoms with Crippen LogP contribution in [0.1, 0.15) is 27.2 Å². The van der Waals surface area contributed by atoms with Gasteiger partial charge in [-0.15, -0.1) is 0 Å². The van der Waals surface area contributed by atoms with Gasteiger partial charge >= 0.3 is 5.97 Å². The van der Waals surface area contributed by atoms with Gasteiger partial charge in [0, 0.05) is 12.6 Å². The van der Waals surface area contributed by atoms with Crippen molar-refractivity contribution in [1.82, 2.24) is 0 Å². The van der Waals surface area contributed by atoms with Crippen LogP contribution >= 0.6 is 0 Å². The lowest BCUT2D eigenvalue weighted by molar-refractivity contribution is -0.150. The quantitative estimate of drug-likeness (QED) is 0.664. The number of hydrogen-bond donors (Lipinski definition) is 0. The zero-order valence-electron chi connectivity index (χ0n) is 10.9. The first-order chi connectivity index (χ1) is 8.46. The molecule has 0 N–H and O–H groups in total. The summed E-state index contributed by atoms with van der Waals surface area (Å²) in [7, 11) is 0. The monoisotopic (exact) mass is 243 g/mol. The molecular formula is C15H17NO2. The maximum absolute atomic E-state index is 12.0. The molecule has 94 valence electrons. The zero-order valence-corrected chi connectivity index (χ0v) is 10.9. The van der Waals surface area contributed by atoms with E-state index in [-0.39, 0.29) is 5.97 Å². The van der Waals surface area contributed by atoms with Crippen molar-refractivity contribution in [2.45, 2.75) is 32.8 Å². The van der Waals surface area contributed by atoms with Crippen LogP contribution in [0.15, 0.2) is 52.7 Å². The Bertz CT molecular complexity index is 511. The van der Waals surface area contributed by atoms with E-state index in [1.165, 1.54) is 0 Å². The molecular weight excluding hydrogens is 226 g/mol. The van der Waals surface area contributed by atoms with E-state index in [0.29, 0.717) is 12.0 Å². The van der Waals surface area contributed by atoms with Crippen molar-refractivity contribution in [2.75, 3.05) is 0 Å². The summed E-state index contributed by atoms with van der Waals surface area (Å²) >= 11 is 0. The summed E-state index contributed by atoms with van der Waals surface area (Å²) in [6.45, 7) is 5.58. The number of ether oxygens (including phenoxy) is 1. The average Bonchev–Trinajstić information content (AvgIpc) is 2.50. The third-order valence-electron chi connectivity index (χ3n) is 2.50. The average molecular weight is 243 g/mol. The van der Waals surface area contributed by atoms with Gasteiger partial charge in [-0.1, -0.05) is 24.3 Å². The molecule has 0 aromatic heterocycles. The fraction of sp³-hybridized carbons (Fsp3) is 0.333. The highest BCUT2D eigenvalue weighted by atomic mass is 16.6. The number of allylic oxidation sites excluding steroid dienone is 6. The number of fused-ring (bicyclic) bond motifs is 1. The molecule has 0 atom stereocenters. The second-order valence-corrected chi connectivity index (χ2v) is 5.28. The highest BCUT2D eigenvalue weighted by molar-refractivity contribution is 6.11. The van der Waals surface area contributed by atoms with Crippen LogP contribution in [-0.4, -0.2) is 17.3 Å². The van der Waals surface area contributed by atoms with Crippen molar-refractivity contribution in [3.05, 3.63) is 47.7 Å². The highest BCUT2D eigenvalue weighted by Gasteiger charge is 2.23. The number of carbonyl (C=O) groups is 1. The Morgan fingerprint density at radius 1 is 1.28 bits per heavy atom. The van der Waals surface area contributed by atoms with E-state index in [1.807, 2.05) is 51.2 Å². The summed E-state index contributed by atoms with van der Waals surface area (Å²) < 4.78 is 5.35. The van der Waals surface area contributed by atoms with Gasteiger partial charge in [-0.2, -0.15) is 0 Å². The number of carbonyl (C=O) groups excluding carboxylic acids is 1. The fourth-order valence-corrected chi connectivity index (χ4v) is 1.72. The summed E-state index contributed by atoms with van der Waals surface area (Å²) in [5.41, 5.74) is 2.08. The number of aliphatic imine (C=N–C) groups is 1. The van der Waals surface area contributed by atoms with Crippen LogP contribution in [0.2, 0.25) is 0 Å². The Balaban J connectivity index is 2.19. The van der Waals surface area contributed by atoms with Crippen molar-refractivity contribution in [3.63, 3.8) is 0 Å². The molecule has 0 fully saturated rings. The van der Waals surface area contributed by atoms with Gasteiger partial charge in [-0.3, -0.25) is 4.99 Å². The van der Waals surface area contributed by atoms with Crippen LogP contribution in [0, 0.1) is 0 Å². The summed E-state index contributed by atoms with van der Waals surface area (Å²) in [6, 6.07) is 0. The van der Waals surface area contributed by atoms with E-state index in [1.54, 1.807) is 6.20 Å². The van der Waals surface area contributed by atoms with Gasteiger partial charge < -0.3 is 4.74 Å². The minimum atomic E-state index is -0.473. The predicted octanol–water partition coefficient (Wildman–Crippen LogP) is 3.11. The Kier molecular flexibility index (Phi) is 3.32. The predicted molar refractivity (Wildman–Crippen MR) is 72.3 cm³/mol. The molecule has 0 saturated carbocycles. The second kappa shape index (κ2) is 4.77. The van der Waals surface area contributed by atoms with E-state index in [9.17, 15) is 4.79 Å². The van der Waals surface area contributed by atoms with Crippen LogP contribution in [0.5, 0.6) is 0 Å².